The zero-order valence-corrected chi connectivity index (χ0v) is 28.2. The van der Waals surface area contributed by atoms with Gasteiger partial charge in [0.1, 0.15) is 0 Å². The minimum Gasteiger partial charge on any atom is -0.875 e. The van der Waals surface area contributed by atoms with Gasteiger partial charge in [-0.1, -0.05) is 111 Å². The van der Waals surface area contributed by atoms with Crippen LogP contribution in [0.15, 0.2) is 125 Å². The Labute approximate surface area is 284 Å². The van der Waals surface area contributed by atoms with Crippen LogP contribution in [0.3, 0.4) is 0 Å². The first-order valence-electron chi connectivity index (χ1n) is 13.7. The van der Waals surface area contributed by atoms with E-state index < -0.39 is 0 Å². The van der Waals surface area contributed by atoms with Crippen LogP contribution >= 0.6 is 0 Å². The van der Waals surface area contributed by atoms with E-state index in [1.165, 1.54) is 41.5 Å². The van der Waals surface area contributed by atoms with Gasteiger partial charge in [-0.2, -0.15) is 0 Å². The van der Waals surface area contributed by atoms with Crippen LogP contribution in [0.4, 0.5) is 0 Å². The number of benzene rings is 3. The molecule has 0 heterocycles. The van der Waals surface area contributed by atoms with Gasteiger partial charge in [-0.3, -0.25) is 14.4 Å². The van der Waals surface area contributed by atoms with E-state index in [1.54, 1.807) is 0 Å². The molecule has 0 saturated carbocycles. The molecule has 0 amide bonds. The fourth-order valence-electron chi connectivity index (χ4n) is 3.24. The zero-order valence-electron chi connectivity index (χ0n) is 26.5. The molecule has 0 saturated heterocycles. The third-order valence-electron chi connectivity index (χ3n) is 5.43. The third-order valence-corrected chi connectivity index (χ3v) is 5.43. The maximum atomic E-state index is 11.0. The van der Waals surface area contributed by atoms with Crippen molar-refractivity contribution in [2.24, 2.45) is 0 Å². The monoisotopic (exact) mass is 699 g/mol. The topological polar surface area (TPSA) is 120 Å². The molecule has 0 unspecified atom stereocenters. The van der Waals surface area contributed by atoms with Crippen molar-refractivity contribution in [1.29, 1.82) is 0 Å². The summed E-state index contributed by atoms with van der Waals surface area (Å²) in [6, 6.07) is 27.7. The van der Waals surface area contributed by atoms with Gasteiger partial charge in [0.2, 0.25) is 0 Å². The largest absolute Gasteiger partial charge is 3.00 e. The fraction of sp³-hybridized carbons (Fsp3) is 0.154. The standard InChI is InChI=1S/3C13H12O2.Ru/c3*1-10(14)13(11(2)15)9-8-12-6-4-3-5-7-12;/h3*3-7,14H,1-2H3;/q;;;+3/p-3/b3*13-10-;. The first kappa shape index (κ1) is 40.6. The minimum absolute atomic E-state index is 0. The summed E-state index contributed by atoms with van der Waals surface area (Å²) < 4.78 is 0. The van der Waals surface area contributed by atoms with Gasteiger partial charge in [0, 0.05) is 16.7 Å². The summed E-state index contributed by atoms with van der Waals surface area (Å²) >= 11 is 0. The van der Waals surface area contributed by atoms with Crippen molar-refractivity contribution in [3.05, 3.63) is 142 Å². The van der Waals surface area contributed by atoms with Crippen LogP contribution in [0.2, 0.25) is 0 Å². The number of allylic oxidation sites excluding steroid dienone is 6. The number of carbonyl (C=O) groups excluding carboxylic acids is 3. The summed E-state index contributed by atoms with van der Waals surface area (Å²) in [7, 11) is 0. The SMILES string of the molecule is CC(=O)/C(C#Cc1ccccc1)=C(/C)[O-].CC(=O)/C(C#Cc1ccccc1)=C(/C)[O-].CC(=O)/C(C#Cc1ccccc1)=C(/C)[O-].[Ru+3]. The Morgan fingerprint density at radius 3 is 0.761 bits per heavy atom. The molecule has 1 radical (unpaired) electrons. The first-order chi connectivity index (χ1) is 21.3. The van der Waals surface area contributed by atoms with Gasteiger partial charge in [-0.25, -0.2) is 0 Å². The first-order valence-corrected chi connectivity index (χ1v) is 13.7. The average Bonchev–Trinajstić information content (AvgIpc) is 2.99. The Balaban J connectivity index is 0.000000653. The summed E-state index contributed by atoms with van der Waals surface area (Å²) in [5.41, 5.74) is 2.53. The molecular weight excluding hydrogens is 665 g/mol. The number of hydrogen-bond acceptors (Lipinski definition) is 6. The van der Waals surface area contributed by atoms with Gasteiger partial charge < -0.3 is 15.3 Å². The third kappa shape index (κ3) is 16.4. The molecule has 0 aliphatic heterocycles. The van der Waals surface area contributed by atoms with Crippen molar-refractivity contribution in [3.8, 4) is 35.5 Å². The number of hydrogen-bond donors (Lipinski definition) is 0. The van der Waals surface area contributed by atoms with Crippen molar-refractivity contribution >= 4 is 17.3 Å². The van der Waals surface area contributed by atoms with Crippen LogP contribution in [0, 0.1) is 35.5 Å². The molecule has 3 aromatic carbocycles. The van der Waals surface area contributed by atoms with Crippen LogP contribution in [0.1, 0.15) is 58.2 Å². The number of Topliss-reactive ketones (excluding diaryl/α,β-unsaturated/α-hetero) is 3. The van der Waals surface area contributed by atoms with E-state index in [4.69, 9.17) is 0 Å². The van der Waals surface area contributed by atoms with Gasteiger partial charge in [0.05, 0.1) is 16.7 Å². The number of ketones is 3. The van der Waals surface area contributed by atoms with E-state index in [9.17, 15) is 29.7 Å². The summed E-state index contributed by atoms with van der Waals surface area (Å²) in [5, 5.41) is 33.1. The molecule has 0 aliphatic rings. The predicted octanol–water partition coefficient (Wildman–Crippen LogP) is 3.78. The Morgan fingerprint density at radius 2 is 0.609 bits per heavy atom. The normalized spacial score (nSPS) is 10.8. The Kier molecular flexibility index (Phi) is 19.6. The maximum absolute atomic E-state index is 11.0. The van der Waals surface area contributed by atoms with E-state index in [0.717, 1.165) is 16.7 Å². The van der Waals surface area contributed by atoms with Crippen LogP contribution < -0.4 is 15.3 Å². The minimum atomic E-state index is -0.286. The van der Waals surface area contributed by atoms with Crippen LogP contribution in [-0.2, 0) is 33.9 Å². The van der Waals surface area contributed by atoms with Gasteiger partial charge in [0.15, 0.2) is 17.3 Å². The Bertz CT molecular complexity index is 1540. The van der Waals surface area contributed by atoms with Crippen molar-refractivity contribution in [1.82, 2.24) is 0 Å². The molecule has 3 aromatic rings. The molecule has 0 aliphatic carbocycles. The summed E-state index contributed by atoms with van der Waals surface area (Å²) in [5.74, 6) is 14.4. The second-order valence-electron chi connectivity index (χ2n) is 9.31. The van der Waals surface area contributed by atoms with Crippen molar-refractivity contribution in [2.45, 2.75) is 41.5 Å². The molecule has 0 aromatic heterocycles. The maximum Gasteiger partial charge on any atom is 3.00 e. The second kappa shape index (κ2) is 22.2. The molecule has 0 N–H and O–H groups in total. The van der Waals surface area contributed by atoms with Gasteiger partial charge in [0.25, 0.3) is 0 Å². The van der Waals surface area contributed by atoms with Gasteiger partial charge in [-0.15, -0.1) is 17.3 Å². The molecule has 6 nitrogen and oxygen atoms in total. The summed E-state index contributed by atoms with van der Waals surface area (Å²) in [6.07, 6.45) is 0. The predicted molar refractivity (Wildman–Crippen MR) is 170 cm³/mol. The van der Waals surface area contributed by atoms with Gasteiger partial charge in [-0.05, 0) is 57.2 Å². The molecule has 0 atom stereocenters. The van der Waals surface area contributed by atoms with E-state index in [1.807, 2.05) is 91.0 Å². The Hall–Kier alpha value is -5.41. The molecule has 0 spiro atoms. The quantitative estimate of drug-likeness (QED) is 0.178. The van der Waals surface area contributed by atoms with E-state index >= 15 is 0 Å². The number of rotatable bonds is 3. The van der Waals surface area contributed by atoms with E-state index in [0.29, 0.717) is 0 Å². The molecule has 7 heteroatoms. The molecule has 233 valence electrons. The fourth-order valence-corrected chi connectivity index (χ4v) is 3.24. The van der Waals surface area contributed by atoms with Crippen LogP contribution in [0.5, 0.6) is 0 Å². The van der Waals surface area contributed by atoms with E-state index in [2.05, 4.69) is 35.5 Å². The Morgan fingerprint density at radius 1 is 0.413 bits per heavy atom. The smallest absolute Gasteiger partial charge is 0.875 e. The van der Waals surface area contributed by atoms with Crippen molar-refractivity contribution in [2.75, 3.05) is 0 Å². The zero-order chi connectivity index (χ0) is 33.8. The van der Waals surface area contributed by atoms with E-state index in [-0.39, 0.29) is 70.8 Å². The second-order valence-corrected chi connectivity index (χ2v) is 9.31. The van der Waals surface area contributed by atoms with Gasteiger partial charge >= 0.3 is 19.5 Å². The summed E-state index contributed by atoms with van der Waals surface area (Å²) in [6.45, 7) is 8.06. The van der Waals surface area contributed by atoms with Crippen molar-refractivity contribution < 1.29 is 49.2 Å². The molecule has 46 heavy (non-hydrogen) atoms. The van der Waals surface area contributed by atoms with Crippen LogP contribution in [0.25, 0.3) is 0 Å². The summed E-state index contributed by atoms with van der Waals surface area (Å²) in [4.78, 5) is 33.1. The van der Waals surface area contributed by atoms with Crippen LogP contribution in [-0.4, -0.2) is 17.3 Å². The molecule has 0 bridgehead atoms. The molecule has 0 fully saturated rings. The molecular formula is C39H33O6Ru. The van der Waals surface area contributed by atoms with Crippen molar-refractivity contribution in [3.63, 3.8) is 0 Å². The molecule has 3 rings (SSSR count). The average molecular weight is 699 g/mol. The number of carbonyl (C=O) groups is 3.